The molecule has 0 bridgehead atoms. The van der Waals surface area contributed by atoms with Gasteiger partial charge in [0, 0.05) is 24.5 Å². The lowest BCUT2D eigenvalue weighted by atomic mass is 9.97. The molecule has 0 aromatic carbocycles. The van der Waals surface area contributed by atoms with Gasteiger partial charge in [-0.1, -0.05) is 6.07 Å². The molecule has 1 unspecified atom stereocenters. The largest absolute Gasteiger partial charge is 0.335 e. The fourth-order valence-electron chi connectivity index (χ4n) is 3.21. The molecule has 1 saturated heterocycles. The lowest BCUT2D eigenvalue weighted by molar-refractivity contribution is 0.0606. The first-order valence-electron chi connectivity index (χ1n) is 8.47. The van der Waals surface area contributed by atoms with Gasteiger partial charge in [-0.2, -0.15) is 0 Å². The van der Waals surface area contributed by atoms with Crippen molar-refractivity contribution in [3.8, 4) is 0 Å². The Morgan fingerprint density at radius 3 is 2.75 bits per heavy atom. The standard InChI is InChI=1S/C19H22N2O2S/c1-14(22)17-10-11-18(24-17)19(23)21-13-5-3-7-16(21)9-8-15-6-2-4-12-20-15/h2,4,6,10-12,16H,3,5,7-9,13H2,1H3. The molecule has 0 spiro atoms. The number of hydrogen-bond donors (Lipinski definition) is 0. The molecule has 1 aliphatic heterocycles. The number of pyridine rings is 1. The molecule has 0 aliphatic carbocycles. The lowest BCUT2D eigenvalue weighted by Gasteiger charge is -2.35. The Morgan fingerprint density at radius 2 is 2.04 bits per heavy atom. The van der Waals surface area contributed by atoms with Crippen molar-refractivity contribution >= 4 is 23.0 Å². The van der Waals surface area contributed by atoms with Gasteiger partial charge in [0.15, 0.2) is 5.78 Å². The molecule has 1 aliphatic rings. The van der Waals surface area contributed by atoms with E-state index in [0.717, 1.165) is 37.9 Å². The fourth-order valence-corrected chi connectivity index (χ4v) is 4.07. The second kappa shape index (κ2) is 7.71. The highest BCUT2D eigenvalue weighted by molar-refractivity contribution is 7.15. The van der Waals surface area contributed by atoms with Gasteiger partial charge in [0.1, 0.15) is 0 Å². The Kier molecular flexibility index (Phi) is 5.41. The highest BCUT2D eigenvalue weighted by Crippen LogP contribution is 2.26. The summed E-state index contributed by atoms with van der Waals surface area (Å²) in [6, 6.07) is 9.76. The number of amides is 1. The Labute approximate surface area is 146 Å². The van der Waals surface area contributed by atoms with Crippen LogP contribution in [0.1, 0.15) is 57.6 Å². The van der Waals surface area contributed by atoms with Gasteiger partial charge in [-0.15, -0.1) is 11.3 Å². The van der Waals surface area contributed by atoms with E-state index in [-0.39, 0.29) is 17.7 Å². The van der Waals surface area contributed by atoms with Gasteiger partial charge in [-0.25, -0.2) is 0 Å². The van der Waals surface area contributed by atoms with E-state index >= 15 is 0 Å². The van der Waals surface area contributed by atoms with Gasteiger partial charge in [0.25, 0.3) is 5.91 Å². The lowest BCUT2D eigenvalue weighted by Crippen LogP contribution is -2.43. The molecule has 2 aromatic rings. The third-order valence-corrected chi connectivity index (χ3v) is 5.69. The second-order valence-electron chi connectivity index (χ2n) is 6.23. The molecule has 0 radical (unpaired) electrons. The highest BCUT2D eigenvalue weighted by atomic mass is 32.1. The number of Topliss-reactive ketones (excluding diaryl/α,β-unsaturated/α-hetero) is 1. The van der Waals surface area contributed by atoms with E-state index in [1.807, 2.05) is 29.3 Å². The van der Waals surface area contributed by atoms with Crippen molar-refractivity contribution in [1.29, 1.82) is 0 Å². The number of carbonyl (C=O) groups excluding carboxylic acids is 2. The monoisotopic (exact) mass is 342 g/mol. The third kappa shape index (κ3) is 3.90. The number of hydrogen-bond acceptors (Lipinski definition) is 4. The van der Waals surface area contributed by atoms with Crippen molar-refractivity contribution in [3.63, 3.8) is 0 Å². The van der Waals surface area contributed by atoms with Crippen molar-refractivity contribution in [2.24, 2.45) is 0 Å². The molecule has 3 rings (SSSR count). The summed E-state index contributed by atoms with van der Waals surface area (Å²) in [5.41, 5.74) is 1.07. The molecule has 3 heterocycles. The van der Waals surface area contributed by atoms with Crippen LogP contribution in [0.3, 0.4) is 0 Å². The molecular weight excluding hydrogens is 320 g/mol. The molecule has 4 nitrogen and oxygen atoms in total. The van der Waals surface area contributed by atoms with E-state index in [4.69, 9.17) is 0 Å². The molecule has 0 N–H and O–H groups in total. The maximum absolute atomic E-state index is 12.9. The normalized spacial score (nSPS) is 17.7. The number of likely N-dealkylation sites (tertiary alicyclic amines) is 1. The number of piperidine rings is 1. The van der Waals surface area contributed by atoms with Gasteiger partial charge >= 0.3 is 0 Å². The molecule has 5 heteroatoms. The minimum atomic E-state index is 0.0180. The van der Waals surface area contributed by atoms with Gasteiger partial charge in [0.2, 0.25) is 0 Å². The summed E-state index contributed by atoms with van der Waals surface area (Å²) in [6.45, 7) is 2.34. The zero-order chi connectivity index (χ0) is 16.9. The van der Waals surface area contributed by atoms with Crippen LogP contribution < -0.4 is 0 Å². The van der Waals surface area contributed by atoms with Crippen molar-refractivity contribution in [3.05, 3.63) is 52.0 Å². The summed E-state index contributed by atoms with van der Waals surface area (Å²) in [5.74, 6) is 0.0858. The molecule has 1 atom stereocenters. The quantitative estimate of drug-likeness (QED) is 0.773. The van der Waals surface area contributed by atoms with Gasteiger partial charge in [0.05, 0.1) is 9.75 Å². The molecule has 1 amide bonds. The average molecular weight is 342 g/mol. The maximum atomic E-state index is 12.9. The topological polar surface area (TPSA) is 50.3 Å². The average Bonchev–Trinajstić information content (AvgIpc) is 3.11. The van der Waals surface area contributed by atoms with E-state index in [1.54, 1.807) is 12.1 Å². The molecule has 0 saturated carbocycles. The number of carbonyl (C=O) groups is 2. The number of nitrogens with zero attached hydrogens (tertiary/aromatic N) is 2. The van der Waals surface area contributed by atoms with E-state index in [1.165, 1.54) is 24.7 Å². The Hall–Kier alpha value is -2.01. The zero-order valence-corrected chi connectivity index (χ0v) is 14.7. The van der Waals surface area contributed by atoms with Crippen molar-refractivity contribution in [1.82, 2.24) is 9.88 Å². The van der Waals surface area contributed by atoms with E-state index in [0.29, 0.717) is 9.75 Å². The number of aryl methyl sites for hydroxylation is 1. The number of thiophene rings is 1. The van der Waals surface area contributed by atoms with Gasteiger partial charge in [-0.3, -0.25) is 14.6 Å². The molecule has 2 aromatic heterocycles. The first kappa shape index (κ1) is 16.8. The summed E-state index contributed by atoms with van der Waals surface area (Å²) in [5, 5.41) is 0. The van der Waals surface area contributed by atoms with Crippen molar-refractivity contribution in [2.75, 3.05) is 6.54 Å². The predicted octanol–water partition coefficient (Wildman–Crippen LogP) is 3.97. The van der Waals surface area contributed by atoms with Crippen LogP contribution in [-0.4, -0.2) is 34.2 Å². The summed E-state index contributed by atoms with van der Waals surface area (Å²) < 4.78 is 0. The minimum Gasteiger partial charge on any atom is -0.335 e. The second-order valence-corrected chi connectivity index (χ2v) is 7.31. The molecular formula is C19H22N2O2S. The summed E-state index contributed by atoms with van der Waals surface area (Å²) >= 11 is 1.31. The van der Waals surface area contributed by atoms with Crippen LogP contribution in [0.15, 0.2) is 36.5 Å². The van der Waals surface area contributed by atoms with Gasteiger partial charge < -0.3 is 4.90 Å². The van der Waals surface area contributed by atoms with Crippen LogP contribution in [0.2, 0.25) is 0 Å². The number of aromatic nitrogens is 1. The molecule has 1 fully saturated rings. The van der Waals surface area contributed by atoms with Crippen molar-refractivity contribution < 1.29 is 9.59 Å². The van der Waals surface area contributed by atoms with Crippen molar-refractivity contribution in [2.45, 2.75) is 45.1 Å². The van der Waals surface area contributed by atoms with Gasteiger partial charge in [-0.05, 0) is 63.3 Å². The SMILES string of the molecule is CC(=O)c1ccc(C(=O)N2CCCCC2CCc2ccccn2)s1. The Bertz CT molecular complexity index is 711. The van der Waals surface area contributed by atoms with E-state index < -0.39 is 0 Å². The Balaban J connectivity index is 1.69. The summed E-state index contributed by atoms with van der Waals surface area (Å²) in [4.78, 5) is 32.0. The highest BCUT2D eigenvalue weighted by Gasteiger charge is 2.28. The maximum Gasteiger partial charge on any atom is 0.264 e. The first-order valence-corrected chi connectivity index (χ1v) is 9.28. The van der Waals surface area contributed by atoms with Crippen LogP contribution in [-0.2, 0) is 6.42 Å². The molecule has 24 heavy (non-hydrogen) atoms. The van der Waals surface area contributed by atoms with E-state index in [9.17, 15) is 9.59 Å². The van der Waals surface area contributed by atoms with Crippen LogP contribution in [0.5, 0.6) is 0 Å². The van der Waals surface area contributed by atoms with Crippen LogP contribution in [0, 0.1) is 0 Å². The van der Waals surface area contributed by atoms with Crippen LogP contribution in [0.4, 0.5) is 0 Å². The van der Waals surface area contributed by atoms with Crippen LogP contribution in [0.25, 0.3) is 0 Å². The number of rotatable bonds is 5. The van der Waals surface area contributed by atoms with Crippen LogP contribution >= 0.6 is 11.3 Å². The summed E-state index contributed by atoms with van der Waals surface area (Å²) in [7, 11) is 0. The number of ketones is 1. The van der Waals surface area contributed by atoms with E-state index in [2.05, 4.69) is 4.98 Å². The minimum absolute atomic E-state index is 0.0180. The Morgan fingerprint density at radius 1 is 1.21 bits per heavy atom. The predicted molar refractivity (Wildman–Crippen MR) is 95.6 cm³/mol. The fraction of sp³-hybridized carbons (Fsp3) is 0.421. The smallest absolute Gasteiger partial charge is 0.264 e. The zero-order valence-electron chi connectivity index (χ0n) is 13.9. The first-order chi connectivity index (χ1) is 11.6. The summed E-state index contributed by atoms with van der Waals surface area (Å²) in [6.07, 6.45) is 6.90. The third-order valence-electron chi connectivity index (χ3n) is 4.51. The molecule has 126 valence electrons.